The largest absolute Gasteiger partial charge is 0.358 e. The zero-order valence-electron chi connectivity index (χ0n) is 7.79. The molecule has 1 rings (SSSR count). The van der Waals surface area contributed by atoms with Gasteiger partial charge < -0.3 is 16.0 Å². The lowest BCUT2D eigenvalue weighted by atomic mass is 9.96. The molecule has 0 aliphatic heterocycles. The summed E-state index contributed by atoms with van der Waals surface area (Å²) in [5, 5.41) is 2.52. The average Bonchev–Trinajstić information content (AvgIpc) is 2.54. The van der Waals surface area contributed by atoms with E-state index >= 15 is 0 Å². The molecule has 0 radical (unpaired) electrons. The van der Waals surface area contributed by atoms with E-state index in [1.54, 1.807) is 26.5 Å². The van der Waals surface area contributed by atoms with Crippen LogP contribution < -0.4 is 11.1 Å². The minimum atomic E-state index is -0.888. The maximum atomic E-state index is 11.3. The van der Waals surface area contributed by atoms with Crippen LogP contribution in [0.3, 0.4) is 0 Å². The Morgan fingerprint density at radius 1 is 1.85 bits per heavy atom. The van der Waals surface area contributed by atoms with Gasteiger partial charge in [0.25, 0.3) is 0 Å². The van der Waals surface area contributed by atoms with Gasteiger partial charge in [0.1, 0.15) is 0 Å². The number of hydrogen-bond acceptors (Lipinski definition) is 3. The quantitative estimate of drug-likeness (QED) is 0.584. The van der Waals surface area contributed by atoms with Crippen molar-refractivity contribution in [1.82, 2.24) is 15.3 Å². The molecule has 5 heteroatoms. The SMILES string of the molecule is CNC(=O)[C@](C)(N)Cc1cnc[nH]1. The summed E-state index contributed by atoms with van der Waals surface area (Å²) < 4.78 is 0. The minimum absolute atomic E-state index is 0.179. The summed E-state index contributed by atoms with van der Waals surface area (Å²) in [7, 11) is 1.57. The highest BCUT2D eigenvalue weighted by molar-refractivity contribution is 5.85. The van der Waals surface area contributed by atoms with E-state index in [-0.39, 0.29) is 5.91 Å². The Bertz CT molecular complexity index is 278. The van der Waals surface area contributed by atoms with Crippen molar-refractivity contribution in [3.05, 3.63) is 18.2 Å². The number of aromatic amines is 1. The van der Waals surface area contributed by atoms with E-state index in [1.807, 2.05) is 0 Å². The van der Waals surface area contributed by atoms with Crippen molar-refractivity contribution >= 4 is 5.91 Å². The number of likely N-dealkylation sites (N-methyl/N-ethyl adjacent to an activating group) is 1. The van der Waals surface area contributed by atoms with Gasteiger partial charge in [0.15, 0.2) is 0 Å². The van der Waals surface area contributed by atoms with Crippen molar-refractivity contribution in [1.29, 1.82) is 0 Å². The molecule has 1 aromatic rings. The fourth-order valence-corrected chi connectivity index (χ4v) is 1.14. The maximum absolute atomic E-state index is 11.3. The molecule has 0 bridgehead atoms. The number of imidazole rings is 1. The van der Waals surface area contributed by atoms with Gasteiger partial charge in [0, 0.05) is 25.4 Å². The van der Waals surface area contributed by atoms with Gasteiger partial charge in [0.2, 0.25) is 5.91 Å². The fourth-order valence-electron chi connectivity index (χ4n) is 1.14. The molecule has 1 amide bonds. The summed E-state index contributed by atoms with van der Waals surface area (Å²) >= 11 is 0. The number of rotatable bonds is 3. The zero-order chi connectivity index (χ0) is 9.90. The van der Waals surface area contributed by atoms with E-state index in [9.17, 15) is 4.79 Å². The molecule has 0 unspecified atom stereocenters. The lowest BCUT2D eigenvalue weighted by molar-refractivity contribution is -0.125. The first-order chi connectivity index (χ1) is 6.06. The normalized spacial score (nSPS) is 15.0. The number of nitrogens with two attached hydrogens (primary N) is 1. The molecule has 5 nitrogen and oxygen atoms in total. The van der Waals surface area contributed by atoms with Crippen molar-refractivity contribution in [2.45, 2.75) is 18.9 Å². The van der Waals surface area contributed by atoms with Crippen LogP contribution >= 0.6 is 0 Å². The fraction of sp³-hybridized carbons (Fsp3) is 0.500. The molecule has 4 N–H and O–H groups in total. The van der Waals surface area contributed by atoms with Crippen LogP contribution in [0.25, 0.3) is 0 Å². The lowest BCUT2D eigenvalue weighted by Crippen LogP contribution is -2.52. The van der Waals surface area contributed by atoms with Crippen LogP contribution in [0.2, 0.25) is 0 Å². The van der Waals surface area contributed by atoms with E-state index in [0.29, 0.717) is 6.42 Å². The Morgan fingerprint density at radius 2 is 2.54 bits per heavy atom. The third kappa shape index (κ3) is 2.29. The number of carbonyl (C=O) groups excluding carboxylic acids is 1. The molecule has 72 valence electrons. The molecule has 0 saturated heterocycles. The van der Waals surface area contributed by atoms with Crippen LogP contribution in [0.1, 0.15) is 12.6 Å². The zero-order valence-corrected chi connectivity index (χ0v) is 7.79. The minimum Gasteiger partial charge on any atom is -0.358 e. The van der Waals surface area contributed by atoms with Crippen LogP contribution in [0.5, 0.6) is 0 Å². The number of H-pyrrole nitrogens is 1. The Kier molecular flexibility index (Phi) is 2.67. The van der Waals surface area contributed by atoms with E-state index in [2.05, 4.69) is 15.3 Å². The van der Waals surface area contributed by atoms with Gasteiger partial charge in [-0.2, -0.15) is 0 Å². The summed E-state index contributed by atoms with van der Waals surface area (Å²) in [6.07, 6.45) is 3.68. The highest BCUT2D eigenvalue weighted by Gasteiger charge is 2.27. The number of nitrogens with one attached hydrogen (secondary N) is 2. The van der Waals surface area contributed by atoms with E-state index in [0.717, 1.165) is 5.69 Å². The van der Waals surface area contributed by atoms with E-state index in [1.165, 1.54) is 0 Å². The Labute approximate surface area is 76.7 Å². The Hall–Kier alpha value is -1.36. The molecular formula is C8H14N4O. The predicted octanol–water partition coefficient (Wildman–Crippen LogP) is -0.584. The summed E-state index contributed by atoms with van der Waals surface area (Å²) in [6, 6.07) is 0. The Balaban J connectivity index is 2.67. The average molecular weight is 182 g/mol. The van der Waals surface area contributed by atoms with E-state index < -0.39 is 5.54 Å². The third-order valence-corrected chi connectivity index (χ3v) is 1.86. The Morgan fingerprint density at radius 3 is 3.00 bits per heavy atom. The lowest BCUT2D eigenvalue weighted by Gasteiger charge is -2.21. The standard InChI is InChI=1S/C8H14N4O/c1-8(9,7(13)10-2)3-6-4-11-5-12-6/h4-5H,3,9H2,1-2H3,(H,10,13)(H,11,12)/t8-/m1/s1. The van der Waals surface area contributed by atoms with Crippen molar-refractivity contribution in [3.63, 3.8) is 0 Å². The molecule has 0 saturated carbocycles. The summed E-state index contributed by atoms with van der Waals surface area (Å²) in [5.74, 6) is -0.179. The second-order valence-electron chi connectivity index (χ2n) is 3.25. The second-order valence-corrected chi connectivity index (χ2v) is 3.25. The van der Waals surface area contributed by atoms with Gasteiger partial charge in [-0.05, 0) is 6.92 Å². The number of amides is 1. The number of nitrogens with zero attached hydrogens (tertiary/aromatic N) is 1. The monoisotopic (exact) mass is 182 g/mol. The van der Waals surface area contributed by atoms with E-state index in [4.69, 9.17) is 5.73 Å². The smallest absolute Gasteiger partial charge is 0.239 e. The van der Waals surface area contributed by atoms with Crippen molar-refractivity contribution in [2.24, 2.45) is 5.73 Å². The highest BCUT2D eigenvalue weighted by Crippen LogP contribution is 2.07. The van der Waals surface area contributed by atoms with Gasteiger partial charge in [0.05, 0.1) is 11.9 Å². The van der Waals surface area contributed by atoms with Crippen molar-refractivity contribution in [2.75, 3.05) is 7.05 Å². The third-order valence-electron chi connectivity index (χ3n) is 1.86. The molecule has 0 aromatic carbocycles. The summed E-state index contributed by atoms with van der Waals surface area (Å²) in [4.78, 5) is 18.0. The summed E-state index contributed by atoms with van der Waals surface area (Å²) in [5.41, 5.74) is 5.77. The number of aromatic nitrogens is 2. The van der Waals surface area contributed by atoms with Gasteiger partial charge in [-0.1, -0.05) is 0 Å². The molecule has 0 aliphatic carbocycles. The maximum Gasteiger partial charge on any atom is 0.239 e. The number of hydrogen-bond donors (Lipinski definition) is 3. The second kappa shape index (κ2) is 3.57. The molecule has 0 fully saturated rings. The topological polar surface area (TPSA) is 83.8 Å². The van der Waals surface area contributed by atoms with Gasteiger partial charge >= 0.3 is 0 Å². The van der Waals surface area contributed by atoms with Crippen LogP contribution in [0.4, 0.5) is 0 Å². The molecule has 1 heterocycles. The molecule has 0 spiro atoms. The van der Waals surface area contributed by atoms with Gasteiger partial charge in [-0.3, -0.25) is 4.79 Å². The van der Waals surface area contributed by atoms with Crippen LogP contribution in [0, 0.1) is 0 Å². The number of carbonyl (C=O) groups is 1. The molecule has 1 atom stereocenters. The van der Waals surface area contributed by atoms with Crippen LogP contribution in [0.15, 0.2) is 12.5 Å². The van der Waals surface area contributed by atoms with Crippen LogP contribution in [-0.4, -0.2) is 28.5 Å². The first kappa shape index (κ1) is 9.73. The first-order valence-corrected chi connectivity index (χ1v) is 4.04. The highest BCUT2D eigenvalue weighted by atomic mass is 16.2. The van der Waals surface area contributed by atoms with Gasteiger partial charge in [-0.15, -0.1) is 0 Å². The first-order valence-electron chi connectivity index (χ1n) is 4.04. The van der Waals surface area contributed by atoms with Crippen molar-refractivity contribution in [3.8, 4) is 0 Å². The molecule has 1 aromatic heterocycles. The summed E-state index contributed by atoms with van der Waals surface area (Å²) in [6.45, 7) is 1.69. The van der Waals surface area contributed by atoms with Gasteiger partial charge in [-0.25, -0.2) is 4.98 Å². The molecular weight excluding hydrogens is 168 g/mol. The van der Waals surface area contributed by atoms with Crippen molar-refractivity contribution < 1.29 is 4.79 Å². The molecule has 0 aliphatic rings. The molecule has 13 heavy (non-hydrogen) atoms. The predicted molar refractivity (Wildman–Crippen MR) is 49.0 cm³/mol. The van der Waals surface area contributed by atoms with Crippen LogP contribution in [-0.2, 0) is 11.2 Å².